The van der Waals surface area contributed by atoms with Crippen molar-refractivity contribution >= 4 is 11.6 Å². The first-order valence-electron chi connectivity index (χ1n) is 8.06. The molecule has 1 saturated heterocycles. The van der Waals surface area contributed by atoms with Crippen LogP contribution in [0.2, 0.25) is 0 Å². The molecule has 1 aliphatic heterocycles. The summed E-state index contributed by atoms with van der Waals surface area (Å²) in [6.45, 7) is 7.12. The van der Waals surface area contributed by atoms with Gasteiger partial charge in [0.05, 0.1) is 5.60 Å². The lowest BCUT2D eigenvalue weighted by atomic mass is 9.95. The molecule has 5 nitrogen and oxygen atoms in total. The van der Waals surface area contributed by atoms with Crippen LogP contribution >= 0.6 is 0 Å². The number of piperidine rings is 1. The maximum absolute atomic E-state index is 5.70. The lowest BCUT2D eigenvalue weighted by Gasteiger charge is -2.40. The molecule has 1 aromatic rings. The Labute approximate surface area is 127 Å². The Morgan fingerprint density at radius 3 is 2.90 bits per heavy atom. The highest BCUT2D eigenvalue weighted by molar-refractivity contribution is 5.50. The summed E-state index contributed by atoms with van der Waals surface area (Å²) in [4.78, 5) is 11.8. The van der Waals surface area contributed by atoms with Crippen LogP contribution in [0, 0.1) is 0 Å². The summed E-state index contributed by atoms with van der Waals surface area (Å²) in [5.41, 5.74) is -0.0682. The van der Waals surface area contributed by atoms with Gasteiger partial charge in [0.15, 0.2) is 0 Å². The molecule has 2 heterocycles. The maximum atomic E-state index is 5.70. The molecule has 116 valence electrons. The quantitative estimate of drug-likeness (QED) is 0.903. The Morgan fingerprint density at radius 1 is 1.43 bits per heavy atom. The van der Waals surface area contributed by atoms with Gasteiger partial charge in [-0.1, -0.05) is 0 Å². The summed E-state index contributed by atoms with van der Waals surface area (Å²) >= 11 is 0. The number of aromatic nitrogens is 2. The number of nitrogens with one attached hydrogen (secondary N) is 1. The van der Waals surface area contributed by atoms with E-state index in [0.29, 0.717) is 5.92 Å². The van der Waals surface area contributed by atoms with Gasteiger partial charge in [0, 0.05) is 38.7 Å². The SMILES string of the molecule is CCNc1cc(N2CCCC(C)(OC)C2)nc(C2CC2)n1. The third-order valence-corrected chi connectivity index (χ3v) is 4.51. The predicted molar refractivity (Wildman–Crippen MR) is 85.0 cm³/mol. The molecule has 1 aliphatic carbocycles. The van der Waals surface area contributed by atoms with Crippen molar-refractivity contribution in [3.63, 3.8) is 0 Å². The van der Waals surface area contributed by atoms with E-state index in [1.807, 2.05) is 7.11 Å². The van der Waals surface area contributed by atoms with Crippen molar-refractivity contribution in [2.75, 3.05) is 37.0 Å². The minimum Gasteiger partial charge on any atom is -0.377 e. The summed E-state index contributed by atoms with van der Waals surface area (Å²) in [6.07, 6.45) is 4.71. The van der Waals surface area contributed by atoms with Gasteiger partial charge >= 0.3 is 0 Å². The second-order valence-corrected chi connectivity index (χ2v) is 6.45. The molecule has 1 unspecified atom stereocenters. The first-order chi connectivity index (χ1) is 10.1. The van der Waals surface area contributed by atoms with Crippen LogP contribution in [0.15, 0.2) is 6.07 Å². The van der Waals surface area contributed by atoms with Crippen molar-refractivity contribution in [3.05, 3.63) is 11.9 Å². The number of nitrogens with zero attached hydrogens (tertiary/aromatic N) is 3. The van der Waals surface area contributed by atoms with Crippen molar-refractivity contribution in [1.82, 2.24) is 9.97 Å². The molecule has 0 aromatic carbocycles. The monoisotopic (exact) mass is 290 g/mol. The van der Waals surface area contributed by atoms with Crippen LogP contribution in [0.25, 0.3) is 0 Å². The largest absolute Gasteiger partial charge is 0.377 e. The van der Waals surface area contributed by atoms with Gasteiger partial charge in [-0.15, -0.1) is 0 Å². The van der Waals surface area contributed by atoms with Crippen LogP contribution in [0.4, 0.5) is 11.6 Å². The topological polar surface area (TPSA) is 50.3 Å². The number of rotatable bonds is 5. The molecular formula is C16H26N4O. The zero-order chi connectivity index (χ0) is 14.9. The Bertz CT molecular complexity index is 503. The summed E-state index contributed by atoms with van der Waals surface area (Å²) in [7, 11) is 1.81. The molecule has 2 aliphatic rings. The van der Waals surface area contributed by atoms with Gasteiger partial charge in [-0.05, 0) is 39.5 Å². The van der Waals surface area contributed by atoms with Crippen molar-refractivity contribution in [1.29, 1.82) is 0 Å². The second kappa shape index (κ2) is 5.79. The van der Waals surface area contributed by atoms with E-state index in [1.54, 1.807) is 0 Å². The zero-order valence-electron chi connectivity index (χ0n) is 13.4. The van der Waals surface area contributed by atoms with Gasteiger partial charge in [0.25, 0.3) is 0 Å². The van der Waals surface area contributed by atoms with Crippen molar-refractivity contribution in [2.24, 2.45) is 0 Å². The smallest absolute Gasteiger partial charge is 0.136 e. The fourth-order valence-electron chi connectivity index (χ4n) is 2.98. The van der Waals surface area contributed by atoms with E-state index in [2.05, 4.69) is 35.1 Å². The molecule has 0 spiro atoms. The molecule has 3 rings (SSSR count). The van der Waals surface area contributed by atoms with Crippen molar-refractivity contribution in [2.45, 2.75) is 51.0 Å². The number of methoxy groups -OCH3 is 1. The number of hydrogen-bond donors (Lipinski definition) is 1. The Hall–Kier alpha value is -1.36. The van der Waals surface area contributed by atoms with Crippen molar-refractivity contribution < 1.29 is 4.74 Å². The van der Waals surface area contributed by atoms with Crippen LogP contribution < -0.4 is 10.2 Å². The van der Waals surface area contributed by atoms with E-state index in [1.165, 1.54) is 12.8 Å². The van der Waals surface area contributed by atoms with E-state index in [9.17, 15) is 0 Å². The maximum Gasteiger partial charge on any atom is 0.136 e. The van der Waals surface area contributed by atoms with Crippen LogP contribution in [-0.2, 0) is 4.74 Å². The standard InChI is InChI=1S/C16H26N4O/c1-4-17-13-10-14(19-15(18-13)12-6-7-12)20-9-5-8-16(2,11-20)21-3/h10,12H,4-9,11H2,1-3H3,(H,17,18,19). The van der Waals surface area contributed by atoms with Crippen LogP contribution in [-0.4, -0.2) is 42.3 Å². The fraction of sp³-hybridized carbons (Fsp3) is 0.750. The van der Waals surface area contributed by atoms with Gasteiger partial charge in [-0.3, -0.25) is 0 Å². The molecular weight excluding hydrogens is 264 g/mol. The van der Waals surface area contributed by atoms with Gasteiger partial charge in [0.2, 0.25) is 0 Å². The van der Waals surface area contributed by atoms with Crippen LogP contribution in [0.1, 0.15) is 51.3 Å². The highest BCUT2D eigenvalue weighted by Gasteiger charge is 2.33. The lowest BCUT2D eigenvalue weighted by Crippen LogP contribution is -2.47. The highest BCUT2D eigenvalue weighted by Crippen LogP contribution is 2.39. The first-order valence-corrected chi connectivity index (χ1v) is 8.06. The normalized spacial score (nSPS) is 26.0. The molecule has 21 heavy (non-hydrogen) atoms. The molecule has 0 radical (unpaired) electrons. The molecule has 1 aromatic heterocycles. The van der Waals surface area contributed by atoms with Crippen LogP contribution in [0.3, 0.4) is 0 Å². The number of anilines is 2. The Morgan fingerprint density at radius 2 is 2.24 bits per heavy atom. The van der Waals surface area contributed by atoms with E-state index in [4.69, 9.17) is 9.72 Å². The van der Waals surface area contributed by atoms with Crippen LogP contribution in [0.5, 0.6) is 0 Å². The minimum atomic E-state index is -0.0682. The second-order valence-electron chi connectivity index (χ2n) is 6.45. The third-order valence-electron chi connectivity index (χ3n) is 4.51. The number of hydrogen-bond acceptors (Lipinski definition) is 5. The molecule has 1 atom stereocenters. The molecule has 2 fully saturated rings. The lowest BCUT2D eigenvalue weighted by molar-refractivity contribution is -0.00482. The molecule has 1 saturated carbocycles. The molecule has 0 bridgehead atoms. The minimum absolute atomic E-state index is 0.0682. The van der Waals surface area contributed by atoms with E-state index >= 15 is 0 Å². The molecule has 0 amide bonds. The molecule has 5 heteroatoms. The van der Waals surface area contributed by atoms with Gasteiger partial charge in [-0.25, -0.2) is 9.97 Å². The average molecular weight is 290 g/mol. The highest BCUT2D eigenvalue weighted by atomic mass is 16.5. The van der Waals surface area contributed by atoms with E-state index < -0.39 is 0 Å². The summed E-state index contributed by atoms with van der Waals surface area (Å²) in [5.74, 6) is 3.58. The zero-order valence-corrected chi connectivity index (χ0v) is 13.4. The summed E-state index contributed by atoms with van der Waals surface area (Å²) in [6, 6.07) is 2.08. The third kappa shape index (κ3) is 3.28. The Balaban J connectivity index is 1.86. The van der Waals surface area contributed by atoms with Gasteiger partial charge in [0.1, 0.15) is 17.5 Å². The van der Waals surface area contributed by atoms with Crippen molar-refractivity contribution in [3.8, 4) is 0 Å². The first kappa shape index (κ1) is 14.6. The average Bonchev–Trinajstić information content (AvgIpc) is 3.32. The number of ether oxygens (including phenoxy) is 1. The molecule has 1 N–H and O–H groups in total. The Kier molecular flexibility index (Phi) is 4.02. The van der Waals surface area contributed by atoms with E-state index in [0.717, 1.165) is 49.9 Å². The van der Waals surface area contributed by atoms with E-state index in [-0.39, 0.29) is 5.60 Å². The summed E-state index contributed by atoms with van der Waals surface area (Å²) in [5, 5.41) is 3.34. The van der Waals surface area contributed by atoms with Gasteiger partial charge < -0.3 is 15.0 Å². The van der Waals surface area contributed by atoms with Gasteiger partial charge in [-0.2, -0.15) is 0 Å². The predicted octanol–water partition coefficient (Wildman–Crippen LogP) is 2.79. The summed E-state index contributed by atoms with van der Waals surface area (Å²) < 4.78 is 5.70. The fourth-order valence-corrected chi connectivity index (χ4v) is 2.98.